The van der Waals surface area contributed by atoms with Gasteiger partial charge in [0.25, 0.3) is 0 Å². The Bertz CT molecular complexity index is 654. The molecule has 5 nitrogen and oxygen atoms in total. The van der Waals surface area contributed by atoms with Gasteiger partial charge in [-0.25, -0.2) is 4.79 Å². The lowest BCUT2D eigenvalue weighted by atomic mass is 10.1. The maximum absolute atomic E-state index is 12.0. The summed E-state index contributed by atoms with van der Waals surface area (Å²) < 4.78 is 4.63. The van der Waals surface area contributed by atoms with Gasteiger partial charge in [-0.3, -0.25) is 4.79 Å². The molecule has 2 rings (SSSR count). The molecule has 1 atom stereocenters. The molecule has 2 aromatic carbocycles. The van der Waals surface area contributed by atoms with Gasteiger partial charge in [0.05, 0.1) is 19.2 Å². The predicted molar refractivity (Wildman–Crippen MR) is 89.3 cm³/mol. The second kappa shape index (κ2) is 8.10. The molecule has 0 spiro atoms. The zero-order valence-corrected chi connectivity index (χ0v) is 13.2. The molecular weight excluding hydrogens is 292 g/mol. The molecule has 0 aliphatic carbocycles. The van der Waals surface area contributed by atoms with E-state index < -0.39 is 5.97 Å². The maximum atomic E-state index is 12.0. The van der Waals surface area contributed by atoms with Crippen molar-refractivity contribution < 1.29 is 14.3 Å². The molecule has 0 aliphatic heterocycles. The molecule has 0 fully saturated rings. The first kappa shape index (κ1) is 16.7. The third-order valence-electron chi connectivity index (χ3n) is 3.46. The third-order valence-corrected chi connectivity index (χ3v) is 3.46. The van der Waals surface area contributed by atoms with Gasteiger partial charge in [0.2, 0.25) is 5.91 Å². The first-order chi connectivity index (χ1) is 11.1. The number of hydrogen-bond acceptors (Lipinski definition) is 4. The second-order valence-electron chi connectivity index (χ2n) is 5.13. The number of benzene rings is 2. The molecule has 2 aromatic rings. The van der Waals surface area contributed by atoms with E-state index in [9.17, 15) is 9.59 Å². The molecule has 23 heavy (non-hydrogen) atoms. The van der Waals surface area contributed by atoms with Crippen molar-refractivity contribution in [3.05, 3.63) is 65.7 Å². The summed E-state index contributed by atoms with van der Waals surface area (Å²) in [6, 6.07) is 16.6. The van der Waals surface area contributed by atoms with Gasteiger partial charge in [-0.1, -0.05) is 30.3 Å². The van der Waals surface area contributed by atoms with Crippen molar-refractivity contribution in [2.24, 2.45) is 0 Å². The van der Waals surface area contributed by atoms with E-state index in [0.717, 1.165) is 5.56 Å². The summed E-state index contributed by atoms with van der Waals surface area (Å²) >= 11 is 0. The summed E-state index contributed by atoms with van der Waals surface area (Å²) in [4.78, 5) is 23.3. The van der Waals surface area contributed by atoms with E-state index in [0.29, 0.717) is 11.3 Å². The minimum atomic E-state index is -0.402. The highest BCUT2D eigenvalue weighted by Gasteiger charge is 2.08. The molecule has 2 N–H and O–H groups in total. The topological polar surface area (TPSA) is 67.4 Å². The fourth-order valence-electron chi connectivity index (χ4n) is 2.12. The van der Waals surface area contributed by atoms with E-state index in [1.807, 2.05) is 37.3 Å². The number of methoxy groups -OCH3 is 1. The molecule has 0 bridgehead atoms. The van der Waals surface area contributed by atoms with E-state index in [1.165, 1.54) is 7.11 Å². The zero-order valence-electron chi connectivity index (χ0n) is 13.2. The number of esters is 1. The lowest BCUT2D eigenvalue weighted by Crippen LogP contribution is -2.30. The van der Waals surface area contributed by atoms with E-state index in [1.54, 1.807) is 24.3 Å². The Morgan fingerprint density at radius 3 is 2.30 bits per heavy atom. The van der Waals surface area contributed by atoms with Gasteiger partial charge in [0.1, 0.15) is 0 Å². The standard InChI is InChI=1S/C18H20N2O3/c1-13(14-6-4-3-5-7-14)19-12-17(21)20-16-10-8-15(9-11-16)18(22)23-2/h3-11,13,19H,12H2,1-2H3,(H,20,21)/t13-/m0/s1. The fourth-order valence-corrected chi connectivity index (χ4v) is 2.12. The SMILES string of the molecule is COC(=O)c1ccc(NC(=O)CN[C@@H](C)c2ccccc2)cc1. The van der Waals surface area contributed by atoms with Crippen LogP contribution in [-0.2, 0) is 9.53 Å². The van der Waals surface area contributed by atoms with Crippen molar-refractivity contribution in [2.45, 2.75) is 13.0 Å². The lowest BCUT2D eigenvalue weighted by molar-refractivity contribution is -0.115. The highest BCUT2D eigenvalue weighted by molar-refractivity contribution is 5.93. The number of anilines is 1. The monoisotopic (exact) mass is 312 g/mol. The van der Waals surface area contributed by atoms with Gasteiger partial charge in [-0.2, -0.15) is 0 Å². The van der Waals surface area contributed by atoms with E-state index >= 15 is 0 Å². The minimum absolute atomic E-state index is 0.0867. The Balaban J connectivity index is 1.84. The molecule has 120 valence electrons. The van der Waals surface area contributed by atoms with Crippen molar-refractivity contribution in [1.82, 2.24) is 5.32 Å². The van der Waals surface area contributed by atoms with Gasteiger partial charge >= 0.3 is 5.97 Å². The van der Waals surface area contributed by atoms with E-state index in [2.05, 4.69) is 15.4 Å². The minimum Gasteiger partial charge on any atom is -0.465 e. The van der Waals surface area contributed by atoms with Gasteiger partial charge < -0.3 is 15.4 Å². The molecule has 5 heteroatoms. The first-order valence-corrected chi connectivity index (χ1v) is 7.36. The van der Waals surface area contributed by atoms with Crippen LogP contribution in [0.5, 0.6) is 0 Å². The molecule has 0 unspecified atom stereocenters. The first-order valence-electron chi connectivity index (χ1n) is 7.36. The molecule has 1 amide bonds. The highest BCUT2D eigenvalue weighted by atomic mass is 16.5. The van der Waals surface area contributed by atoms with Crippen molar-refractivity contribution in [3.8, 4) is 0 Å². The molecule has 0 heterocycles. The Kier molecular flexibility index (Phi) is 5.88. The molecule has 0 aromatic heterocycles. The summed E-state index contributed by atoms with van der Waals surface area (Å²) in [7, 11) is 1.33. The van der Waals surface area contributed by atoms with Crippen molar-refractivity contribution in [3.63, 3.8) is 0 Å². The average Bonchev–Trinajstić information content (AvgIpc) is 2.60. The van der Waals surface area contributed by atoms with Crippen LogP contribution in [0.3, 0.4) is 0 Å². The quantitative estimate of drug-likeness (QED) is 0.805. The highest BCUT2D eigenvalue weighted by Crippen LogP contribution is 2.12. The Morgan fingerprint density at radius 2 is 1.70 bits per heavy atom. The largest absolute Gasteiger partial charge is 0.465 e. The average molecular weight is 312 g/mol. The van der Waals surface area contributed by atoms with Crippen LogP contribution >= 0.6 is 0 Å². The van der Waals surface area contributed by atoms with Crippen LogP contribution in [0.1, 0.15) is 28.9 Å². The van der Waals surface area contributed by atoms with Crippen molar-refractivity contribution in [2.75, 3.05) is 19.0 Å². The Labute approximate surface area is 135 Å². The lowest BCUT2D eigenvalue weighted by Gasteiger charge is -2.14. The number of nitrogens with one attached hydrogen (secondary N) is 2. The number of carbonyl (C=O) groups excluding carboxylic acids is 2. The summed E-state index contributed by atoms with van der Waals surface area (Å²) in [6.45, 7) is 2.21. The summed E-state index contributed by atoms with van der Waals surface area (Å²) in [5.41, 5.74) is 2.21. The summed E-state index contributed by atoms with van der Waals surface area (Å²) in [5.74, 6) is -0.542. The van der Waals surface area contributed by atoms with Crippen LogP contribution in [0.4, 0.5) is 5.69 Å². The van der Waals surface area contributed by atoms with Crippen LogP contribution < -0.4 is 10.6 Å². The summed E-state index contributed by atoms with van der Waals surface area (Å²) in [5, 5.41) is 5.95. The second-order valence-corrected chi connectivity index (χ2v) is 5.13. The van der Waals surface area contributed by atoms with E-state index in [4.69, 9.17) is 0 Å². The smallest absolute Gasteiger partial charge is 0.337 e. The van der Waals surface area contributed by atoms with Crippen LogP contribution in [0.2, 0.25) is 0 Å². The zero-order chi connectivity index (χ0) is 16.7. The molecule has 0 radical (unpaired) electrons. The van der Waals surface area contributed by atoms with Crippen LogP contribution in [0.15, 0.2) is 54.6 Å². The maximum Gasteiger partial charge on any atom is 0.337 e. The van der Waals surface area contributed by atoms with Gasteiger partial charge in [-0.05, 0) is 36.8 Å². The number of ether oxygens (including phenoxy) is 1. The van der Waals surface area contributed by atoms with Gasteiger partial charge in [0.15, 0.2) is 0 Å². The number of carbonyl (C=O) groups is 2. The van der Waals surface area contributed by atoms with Crippen molar-refractivity contribution in [1.29, 1.82) is 0 Å². The molecule has 0 saturated heterocycles. The molecular formula is C18H20N2O3. The van der Waals surface area contributed by atoms with Crippen molar-refractivity contribution >= 4 is 17.6 Å². The number of amides is 1. The number of rotatable bonds is 6. The predicted octanol–water partition coefficient (Wildman–Crippen LogP) is 2.76. The molecule has 0 saturated carbocycles. The fraction of sp³-hybridized carbons (Fsp3) is 0.222. The van der Waals surface area contributed by atoms with Crippen LogP contribution in [-0.4, -0.2) is 25.5 Å². The third kappa shape index (κ3) is 4.93. The number of hydrogen-bond donors (Lipinski definition) is 2. The normalized spacial score (nSPS) is 11.6. The van der Waals surface area contributed by atoms with Gasteiger partial charge in [-0.15, -0.1) is 0 Å². The Morgan fingerprint density at radius 1 is 1.04 bits per heavy atom. The van der Waals surface area contributed by atoms with Gasteiger partial charge in [0, 0.05) is 11.7 Å². The van der Waals surface area contributed by atoms with Crippen LogP contribution in [0.25, 0.3) is 0 Å². The summed E-state index contributed by atoms with van der Waals surface area (Å²) in [6.07, 6.45) is 0. The Hall–Kier alpha value is -2.66. The van der Waals surface area contributed by atoms with E-state index in [-0.39, 0.29) is 18.5 Å². The van der Waals surface area contributed by atoms with Crippen LogP contribution in [0, 0.1) is 0 Å². The molecule has 0 aliphatic rings.